The van der Waals surface area contributed by atoms with Gasteiger partial charge in [-0.05, 0) is 13.3 Å². The summed E-state index contributed by atoms with van der Waals surface area (Å²) in [6.07, 6.45) is 0.416. The van der Waals surface area contributed by atoms with Crippen LogP contribution in [0, 0.1) is 5.41 Å². The molecule has 1 fully saturated rings. The fourth-order valence-corrected chi connectivity index (χ4v) is 2.77. The molecule has 1 unspecified atom stereocenters. The predicted octanol–water partition coefficient (Wildman–Crippen LogP) is 3.23. The van der Waals surface area contributed by atoms with Crippen molar-refractivity contribution in [3.63, 3.8) is 0 Å². The van der Waals surface area contributed by atoms with Gasteiger partial charge in [-0.15, -0.1) is 23.2 Å². The molecule has 0 spiro atoms. The lowest BCUT2D eigenvalue weighted by Gasteiger charge is -2.16. The molecule has 0 saturated heterocycles. The van der Waals surface area contributed by atoms with Gasteiger partial charge in [0.2, 0.25) is 11.7 Å². The van der Waals surface area contributed by atoms with Crippen molar-refractivity contribution < 1.29 is 19.0 Å². The standard InChI is InChI=1S/C14H17Cl2NO4/c1-13(7-14(13,15)16)12(18)17-8-5-9(19-2)11(21-4)10(6-8)20-3/h5-6H,7H2,1-4H3,(H,17,18). The molecule has 116 valence electrons. The van der Waals surface area contributed by atoms with E-state index >= 15 is 0 Å². The first-order valence-electron chi connectivity index (χ1n) is 6.28. The lowest BCUT2D eigenvalue weighted by Crippen LogP contribution is -2.26. The highest BCUT2D eigenvalue weighted by Crippen LogP contribution is 2.64. The van der Waals surface area contributed by atoms with Crippen molar-refractivity contribution >= 4 is 34.8 Å². The molecule has 0 bridgehead atoms. The van der Waals surface area contributed by atoms with Gasteiger partial charge in [-0.25, -0.2) is 0 Å². The zero-order valence-corrected chi connectivity index (χ0v) is 13.8. The Hall–Kier alpha value is -1.33. The van der Waals surface area contributed by atoms with Crippen LogP contribution >= 0.6 is 23.2 Å². The third-order valence-corrected chi connectivity index (χ3v) is 4.78. The average Bonchev–Trinajstić information content (AvgIpc) is 2.97. The summed E-state index contributed by atoms with van der Waals surface area (Å²) < 4.78 is 14.7. The van der Waals surface area contributed by atoms with Crippen molar-refractivity contribution in [1.29, 1.82) is 0 Å². The van der Waals surface area contributed by atoms with Crippen molar-refractivity contribution in [2.24, 2.45) is 5.41 Å². The molecule has 0 heterocycles. The number of carbonyl (C=O) groups excluding carboxylic acids is 1. The van der Waals surface area contributed by atoms with Crippen LogP contribution in [0.25, 0.3) is 0 Å². The molecule has 0 aliphatic heterocycles. The highest BCUT2D eigenvalue weighted by atomic mass is 35.5. The Balaban J connectivity index is 2.27. The molecular weight excluding hydrogens is 317 g/mol. The monoisotopic (exact) mass is 333 g/mol. The Kier molecular flexibility index (Phi) is 4.17. The van der Waals surface area contributed by atoms with Crippen LogP contribution in [0.5, 0.6) is 17.2 Å². The number of hydrogen-bond acceptors (Lipinski definition) is 4. The highest BCUT2D eigenvalue weighted by Gasteiger charge is 2.67. The molecular formula is C14H17Cl2NO4. The quantitative estimate of drug-likeness (QED) is 0.840. The first-order valence-corrected chi connectivity index (χ1v) is 7.04. The fourth-order valence-electron chi connectivity index (χ4n) is 2.07. The zero-order chi connectivity index (χ0) is 15.8. The third kappa shape index (κ3) is 2.72. The minimum absolute atomic E-state index is 0.248. The van der Waals surface area contributed by atoms with Gasteiger partial charge < -0.3 is 19.5 Å². The van der Waals surface area contributed by atoms with Crippen LogP contribution in [0.4, 0.5) is 5.69 Å². The summed E-state index contributed by atoms with van der Waals surface area (Å²) in [7, 11) is 4.53. The van der Waals surface area contributed by atoms with Gasteiger partial charge in [0.1, 0.15) is 4.33 Å². The molecule has 0 aromatic heterocycles. The van der Waals surface area contributed by atoms with E-state index in [1.807, 2.05) is 0 Å². The van der Waals surface area contributed by atoms with Gasteiger partial charge in [0.25, 0.3) is 0 Å². The molecule has 1 aromatic carbocycles. The molecule has 0 radical (unpaired) electrons. The van der Waals surface area contributed by atoms with E-state index in [1.54, 1.807) is 19.1 Å². The van der Waals surface area contributed by atoms with Gasteiger partial charge in [-0.1, -0.05) is 0 Å². The van der Waals surface area contributed by atoms with Crippen LogP contribution in [-0.4, -0.2) is 31.6 Å². The van der Waals surface area contributed by atoms with E-state index in [2.05, 4.69) is 5.32 Å². The fraction of sp³-hybridized carbons (Fsp3) is 0.500. The Morgan fingerprint density at radius 1 is 1.14 bits per heavy atom. The number of amides is 1. The van der Waals surface area contributed by atoms with Gasteiger partial charge >= 0.3 is 0 Å². The van der Waals surface area contributed by atoms with E-state index < -0.39 is 9.75 Å². The van der Waals surface area contributed by atoms with E-state index in [4.69, 9.17) is 37.4 Å². The average molecular weight is 334 g/mol. The van der Waals surface area contributed by atoms with E-state index in [1.165, 1.54) is 21.3 Å². The van der Waals surface area contributed by atoms with Crippen molar-refractivity contribution in [3.05, 3.63) is 12.1 Å². The SMILES string of the molecule is COc1cc(NC(=O)C2(C)CC2(Cl)Cl)cc(OC)c1OC. The summed E-state index contributed by atoms with van der Waals surface area (Å²) in [6, 6.07) is 3.30. The topological polar surface area (TPSA) is 56.8 Å². The molecule has 1 aliphatic carbocycles. The normalized spacial score (nSPS) is 22.4. The number of halogens is 2. The predicted molar refractivity (Wildman–Crippen MR) is 81.9 cm³/mol. The second-order valence-corrected chi connectivity index (χ2v) is 6.57. The Morgan fingerprint density at radius 3 is 1.95 bits per heavy atom. The minimum atomic E-state index is -1.02. The zero-order valence-electron chi connectivity index (χ0n) is 12.3. The van der Waals surface area contributed by atoms with Crippen molar-refractivity contribution in [2.45, 2.75) is 17.7 Å². The number of hydrogen-bond donors (Lipinski definition) is 1. The van der Waals surface area contributed by atoms with Gasteiger partial charge in [-0.2, -0.15) is 0 Å². The molecule has 1 N–H and O–H groups in total. The molecule has 2 rings (SSSR count). The van der Waals surface area contributed by atoms with Gasteiger partial charge in [0.05, 0.1) is 26.7 Å². The molecule has 21 heavy (non-hydrogen) atoms. The smallest absolute Gasteiger partial charge is 0.233 e. The number of alkyl halides is 2. The second-order valence-electron chi connectivity index (χ2n) is 5.08. The van der Waals surface area contributed by atoms with Crippen molar-refractivity contribution in [3.8, 4) is 17.2 Å². The minimum Gasteiger partial charge on any atom is -0.493 e. The van der Waals surface area contributed by atoms with Crippen molar-refractivity contribution in [1.82, 2.24) is 0 Å². The lowest BCUT2D eigenvalue weighted by atomic mass is 10.1. The second kappa shape index (κ2) is 5.46. The summed E-state index contributed by atoms with van der Waals surface area (Å²) in [5.74, 6) is 1.12. The van der Waals surface area contributed by atoms with E-state index in [9.17, 15) is 4.79 Å². The first-order chi connectivity index (χ1) is 9.79. The summed E-state index contributed by atoms with van der Waals surface area (Å²) in [6.45, 7) is 1.72. The Labute approximate surface area is 133 Å². The van der Waals surface area contributed by atoms with Crippen molar-refractivity contribution in [2.75, 3.05) is 26.6 Å². The van der Waals surface area contributed by atoms with Gasteiger partial charge in [0, 0.05) is 17.8 Å². The number of ether oxygens (including phenoxy) is 3. The molecule has 7 heteroatoms. The largest absolute Gasteiger partial charge is 0.493 e. The maximum Gasteiger partial charge on any atom is 0.233 e. The first kappa shape index (κ1) is 16.0. The number of nitrogens with one attached hydrogen (secondary N) is 1. The van der Waals surface area contributed by atoms with Gasteiger partial charge in [0.15, 0.2) is 11.5 Å². The van der Waals surface area contributed by atoms with Crippen LogP contribution in [0.15, 0.2) is 12.1 Å². The number of anilines is 1. The Morgan fingerprint density at radius 2 is 1.62 bits per heavy atom. The molecule has 1 saturated carbocycles. The van der Waals surface area contributed by atoms with Crippen LogP contribution in [0.1, 0.15) is 13.3 Å². The number of methoxy groups -OCH3 is 3. The third-order valence-electron chi connectivity index (χ3n) is 3.68. The van der Waals surface area contributed by atoms with E-state index in [0.29, 0.717) is 29.4 Å². The summed E-state index contributed by atoms with van der Waals surface area (Å²) in [5.41, 5.74) is -0.275. The van der Waals surface area contributed by atoms with E-state index in [0.717, 1.165) is 0 Å². The summed E-state index contributed by atoms with van der Waals surface area (Å²) in [4.78, 5) is 12.3. The van der Waals surface area contributed by atoms with E-state index in [-0.39, 0.29) is 5.91 Å². The van der Waals surface area contributed by atoms with Gasteiger partial charge in [-0.3, -0.25) is 4.79 Å². The highest BCUT2D eigenvalue weighted by molar-refractivity contribution is 6.53. The van der Waals surface area contributed by atoms with Crippen LogP contribution in [0.2, 0.25) is 0 Å². The number of carbonyl (C=O) groups is 1. The van der Waals surface area contributed by atoms with Crippen LogP contribution in [0.3, 0.4) is 0 Å². The lowest BCUT2D eigenvalue weighted by molar-refractivity contribution is -0.120. The molecule has 1 atom stereocenters. The van der Waals surface area contributed by atoms with Crippen LogP contribution in [-0.2, 0) is 4.79 Å². The van der Waals surface area contributed by atoms with Crippen LogP contribution < -0.4 is 19.5 Å². The number of benzene rings is 1. The molecule has 1 aromatic rings. The maximum atomic E-state index is 12.3. The molecule has 1 aliphatic rings. The summed E-state index contributed by atoms with van der Waals surface area (Å²) in [5, 5.41) is 2.78. The molecule has 5 nitrogen and oxygen atoms in total. The maximum absolute atomic E-state index is 12.3. The summed E-state index contributed by atoms with van der Waals surface area (Å²) >= 11 is 12.0. The number of rotatable bonds is 5. The Bertz CT molecular complexity index is 551. The molecule has 1 amide bonds.